The minimum absolute atomic E-state index is 0.0456. The molecule has 2 rings (SSSR count). The SMILES string of the molecule is CCCCCNc1ccc(NC(=O)c2ccccc2F)cc1. The fourth-order valence-corrected chi connectivity index (χ4v) is 2.12. The maximum atomic E-state index is 13.5. The summed E-state index contributed by atoms with van der Waals surface area (Å²) in [5, 5.41) is 6.02. The van der Waals surface area contributed by atoms with Crippen molar-refractivity contribution in [1.82, 2.24) is 0 Å². The second-order valence-corrected chi connectivity index (χ2v) is 5.15. The number of unbranched alkanes of at least 4 members (excludes halogenated alkanes) is 2. The number of anilines is 2. The third kappa shape index (κ3) is 4.58. The number of carbonyl (C=O) groups is 1. The molecule has 0 spiro atoms. The van der Waals surface area contributed by atoms with Crippen LogP contribution in [-0.2, 0) is 0 Å². The quantitative estimate of drug-likeness (QED) is 0.729. The second-order valence-electron chi connectivity index (χ2n) is 5.15. The molecule has 0 atom stereocenters. The predicted molar refractivity (Wildman–Crippen MR) is 88.8 cm³/mol. The molecule has 4 heteroatoms. The topological polar surface area (TPSA) is 41.1 Å². The van der Waals surface area contributed by atoms with Gasteiger partial charge in [0, 0.05) is 17.9 Å². The Morgan fingerprint density at radius 2 is 1.68 bits per heavy atom. The summed E-state index contributed by atoms with van der Waals surface area (Å²) >= 11 is 0. The number of rotatable bonds is 7. The lowest BCUT2D eigenvalue weighted by molar-refractivity contribution is 0.102. The number of benzene rings is 2. The van der Waals surface area contributed by atoms with Crippen molar-refractivity contribution in [1.29, 1.82) is 0 Å². The minimum Gasteiger partial charge on any atom is -0.385 e. The number of hydrogen-bond donors (Lipinski definition) is 2. The van der Waals surface area contributed by atoms with Crippen molar-refractivity contribution in [2.24, 2.45) is 0 Å². The summed E-state index contributed by atoms with van der Waals surface area (Å²) in [6, 6.07) is 13.4. The largest absolute Gasteiger partial charge is 0.385 e. The third-order valence-corrected chi connectivity index (χ3v) is 3.37. The highest BCUT2D eigenvalue weighted by Gasteiger charge is 2.10. The molecule has 0 saturated heterocycles. The van der Waals surface area contributed by atoms with E-state index in [0.29, 0.717) is 5.69 Å². The first-order chi connectivity index (χ1) is 10.7. The first-order valence-corrected chi connectivity index (χ1v) is 7.60. The van der Waals surface area contributed by atoms with Crippen LogP contribution in [0.5, 0.6) is 0 Å². The van der Waals surface area contributed by atoms with Crippen LogP contribution in [0.1, 0.15) is 36.5 Å². The lowest BCUT2D eigenvalue weighted by Crippen LogP contribution is -2.13. The van der Waals surface area contributed by atoms with Crippen LogP contribution >= 0.6 is 0 Å². The summed E-state index contributed by atoms with van der Waals surface area (Å²) in [7, 11) is 0. The van der Waals surface area contributed by atoms with Crippen molar-refractivity contribution in [3.05, 3.63) is 59.9 Å². The standard InChI is InChI=1S/C18H21FN2O/c1-2-3-6-13-20-14-9-11-15(12-10-14)21-18(22)16-7-4-5-8-17(16)19/h4-5,7-12,20H,2-3,6,13H2,1H3,(H,21,22). The van der Waals surface area contributed by atoms with Gasteiger partial charge < -0.3 is 10.6 Å². The van der Waals surface area contributed by atoms with Gasteiger partial charge in [0.25, 0.3) is 5.91 Å². The van der Waals surface area contributed by atoms with Gasteiger partial charge in [-0.15, -0.1) is 0 Å². The van der Waals surface area contributed by atoms with E-state index >= 15 is 0 Å². The van der Waals surface area contributed by atoms with E-state index < -0.39 is 11.7 Å². The number of halogens is 1. The monoisotopic (exact) mass is 300 g/mol. The Morgan fingerprint density at radius 1 is 1.00 bits per heavy atom. The zero-order valence-corrected chi connectivity index (χ0v) is 12.7. The van der Waals surface area contributed by atoms with Crippen LogP contribution in [0.15, 0.2) is 48.5 Å². The van der Waals surface area contributed by atoms with Gasteiger partial charge in [0.1, 0.15) is 5.82 Å². The van der Waals surface area contributed by atoms with Gasteiger partial charge in [-0.2, -0.15) is 0 Å². The maximum absolute atomic E-state index is 13.5. The fourth-order valence-electron chi connectivity index (χ4n) is 2.12. The van der Waals surface area contributed by atoms with Crippen LogP contribution in [0.25, 0.3) is 0 Å². The van der Waals surface area contributed by atoms with Gasteiger partial charge in [0.15, 0.2) is 0 Å². The smallest absolute Gasteiger partial charge is 0.258 e. The molecule has 0 bridgehead atoms. The highest BCUT2D eigenvalue weighted by atomic mass is 19.1. The van der Waals surface area contributed by atoms with Crippen molar-refractivity contribution in [2.45, 2.75) is 26.2 Å². The molecule has 0 saturated carbocycles. The average molecular weight is 300 g/mol. The molecule has 0 aliphatic carbocycles. The Hall–Kier alpha value is -2.36. The van der Waals surface area contributed by atoms with Crippen LogP contribution in [-0.4, -0.2) is 12.5 Å². The first kappa shape index (κ1) is 16.0. The fraction of sp³-hybridized carbons (Fsp3) is 0.278. The van der Waals surface area contributed by atoms with Crippen molar-refractivity contribution in [3.63, 3.8) is 0 Å². The highest BCUT2D eigenvalue weighted by Crippen LogP contribution is 2.15. The van der Waals surface area contributed by atoms with E-state index in [1.54, 1.807) is 24.3 Å². The van der Waals surface area contributed by atoms with Gasteiger partial charge in [0.2, 0.25) is 0 Å². The zero-order valence-electron chi connectivity index (χ0n) is 12.7. The molecule has 1 amide bonds. The van der Waals surface area contributed by atoms with Crippen molar-refractivity contribution < 1.29 is 9.18 Å². The van der Waals surface area contributed by atoms with Crippen molar-refractivity contribution in [2.75, 3.05) is 17.2 Å². The lowest BCUT2D eigenvalue weighted by atomic mass is 10.2. The summed E-state index contributed by atoms with van der Waals surface area (Å²) in [5.41, 5.74) is 1.71. The molecule has 2 N–H and O–H groups in total. The van der Waals surface area contributed by atoms with Crippen LogP contribution in [0, 0.1) is 5.82 Å². The van der Waals surface area contributed by atoms with Crippen molar-refractivity contribution >= 4 is 17.3 Å². The lowest BCUT2D eigenvalue weighted by Gasteiger charge is -2.09. The zero-order chi connectivity index (χ0) is 15.8. The molecule has 0 unspecified atom stereocenters. The normalized spacial score (nSPS) is 10.3. The molecule has 0 heterocycles. The molecule has 3 nitrogen and oxygen atoms in total. The molecule has 2 aromatic carbocycles. The summed E-state index contributed by atoms with van der Waals surface area (Å²) in [6.45, 7) is 3.11. The molecule has 0 aliphatic rings. The van der Waals surface area contributed by atoms with E-state index in [-0.39, 0.29) is 5.56 Å². The van der Waals surface area contributed by atoms with E-state index in [4.69, 9.17) is 0 Å². The molecule has 0 radical (unpaired) electrons. The van der Waals surface area contributed by atoms with Crippen LogP contribution < -0.4 is 10.6 Å². The maximum Gasteiger partial charge on any atom is 0.258 e. The Bertz CT molecular complexity index is 611. The Morgan fingerprint density at radius 3 is 2.36 bits per heavy atom. The first-order valence-electron chi connectivity index (χ1n) is 7.60. The third-order valence-electron chi connectivity index (χ3n) is 3.37. The number of nitrogens with one attached hydrogen (secondary N) is 2. The minimum atomic E-state index is -0.519. The molecular weight excluding hydrogens is 279 g/mol. The molecule has 0 aliphatic heterocycles. The molecular formula is C18H21FN2O. The van der Waals surface area contributed by atoms with Crippen LogP contribution in [0.4, 0.5) is 15.8 Å². The van der Waals surface area contributed by atoms with Gasteiger partial charge in [-0.1, -0.05) is 31.9 Å². The van der Waals surface area contributed by atoms with Gasteiger partial charge in [-0.05, 0) is 42.8 Å². The number of amides is 1. The summed E-state index contributed by atoms with van der Waals surface area (Å²) in [5.74, 6) is -0.962. The van der Waals surface area contributed by atoms with E-state index in [1.807, 2.05) is 12.1 Å². The number of hydrogen-bond acceptors (Lipinski definition) is 2. The Labute approximate surface area is 130 Å². The molecule has 0 aromatic heterocycles. The van der Waals surface area contributed by atoms with Crippen LogP contribution in [0.3, 0.4) is 0 Å². The second kappa shape index (κ2) is 8.17. The van der Waals surface area contributed by atoms with Gasteiger partial charge in [0.05, 0.1) is 5.56 Å². The molecule has 22 heavy (non-hydrogen) atoms. The molecule has 0 fully saturated rings. The van der Waals surface area contributed by atoms with Gasteiger partial charge in [-0.25, -0.2) is 4.39 Å². The predicted octanol–water partition coefficient (Wildman–Crippen LogP) is 4.68. The Balaban J connectivity index is 1.91. The summed E-state index contributed by atoms with van der Waals surface area (Å²) in [6.07, 6.45) is 3.55. The van der Waals surface area contributed by atoms with E-state index in [9.17, 15) is 9.18 Å². The average Bonchev–Trinajstić information content (AvgIpc) is 2.53. The van der Waals surface area contributed by atoms with E-state index in [0.717, 1.165) is 18.7 Å². The van der Waals surface area contributed by atoms with E-state index in [2.05, 4.69) is 17.6 Å². The van der Waals surface area contributed by atoms with Gasteiger partial charge in [-0.3, -0.25) is 4.79 Å². The number of carbonyl (C=O) groups excluding carboxylic acids is 1. The molecule has 2 aromatic rings. The summed E-state index contributed by atoms with van der Waals surface area (Å²) in [4.78, 5) is 12.0. The van der Waals surface area contributed by atoms with Crippen molar-refractivity contribution in [3.8, 4) is 0 Å². The van der Waals surface area contributed by atoms with E-state index in [1.165, 1.54) is 25.0 Å². The van der Waals surface area contributed by atoms with Crippen LogP contribution in [0.2, 0.25) is 0 Å². The Kier molecular flexibility index (Phi) is 5.95. The molecule has 116 valence electrons. The summed E-state index contributed by atoms with van der Waals surface area (Å²) < 4.78 is 13.5. The highest BCUT2D eigenvalue weighted by molar-refractivity contribution is 6.04. The van der Waals surface area contributed by atoms with Gasteiger partial charge >= 0.3 is 0 Å².